The summed E-state index contributed by atoms with van der Waals surface area (Å²) in [6.07, 6.45) is 3.02. The average Bonchev–Trinajstić information content (AvgIpc) is 3.38. The van der Waals surface area contributed by atoms with E-state index in [9.17, 15) is 4.79 Å². The Kier molecular flexibility index (Phi) is 5.68. The first-order chi connectivity index (χ1) is 15.6. The lowest BCUT2D eigenvalue weighted by Crippen LogP contribution is -2.41. The minimum atomic E-state index is -0.114. The summed E-state index contributed by atoms with van der Waals surface area (Å²) in [5, 5.41) is 10.4. The molecular formula is C27H30N4O. The molecule has 5 rings (SSSR count). The molecule has 0 radical (unpaired) electrons. The normalized spacial score (nSPS) is 19.1. The molecule has 4 aromatic rings. The molecule has 164 valence electrons. The van der Waals surface area contributed by atoms with Crippen molar-refractivity contribution in [2.24, 2.45) is 7.05 Å². The molecule has 1 fully saturated rings. The van der Waals surface area contributed by atoms with Gasteiger partial charge in [-0.1, -0.05) is 54.6 Å². The second kappa shape index (κ2) is 8.77. The SMILES string of the molecule is CNC(=O)[C@@H]1C[C@@H](NCc2cn(C)c3ccccc23)CN1Cc1ccc2ccccc2c1. The van der Waals surface area contributed by atoms with Gasteiger partial charge in [-0.2, -0.15) is 0 Å². The number of carbonyl (C=O) groups excluding carboxylic acids is 1. The van der Waals surface area contributed by atoms with Gasteiger partial charge >= 0.3 is 0 Å². The molecule has 1 saturated heterocycles. The van der Waals surface area contributed by atoms with Gasteiger partial charge in [-0.15, -0.1) is 0 Å². The van der Waals surface area contributed by atoms with Gasteiger partial charge in [-0.25, -0.2) is 0 Å². The van der Waals surface area contributed by atoms with Gasteiger partial charge in [0, 0.05) is 56.9 Å². The lowest BCUT2D eigenvalue weighted by atomic mass is 10.1. The number of nitrogens with zero attached hydrogens (tertiary/aromatic N) is 2. The Morgan fingerprint density at radius 2 is 1.81 bits per heavy atom. The second-order valence-corrected chi connectivity index (χ2v) is 8.84. The fourth-order valence-corrected chi connectivity index (χ4v) is 5.06. The van der Waals surface area contributed by atoms with E-state index >= 15 is 0 Å². The third-order valence-electron chi connectivity index (χ3n) is 6.71. The van der Waals surface area contributed by atoms with E-state index in [0.717, 1.165) is 26.1 Å². The quantitative estimate of drug-likeness (QED) is 0.493. The Hall–Kier alpha value is -3.15. The first-order valence-corrected chi connectivity index (χ1v) is 11.3. The third-order valence-corrected chi connectivity index (χ3v) is 6.71. The summed E-state index contributed by atoms with van der Waals surface area (Å²) in [4.78, 5) is 15.0. The number of para-hydroxylation sites is 1. The largest absolute Gasteiger partial charge is 0.358 e. The fourth-order valence-electron chi connectivity index (χ4n) is 5.06. The molecule has 0 spiro atoms. The monoisotopic (exact) mass is 426 g/mol. The van der Waals surface area contributed by atoms with Crippen molar-refractivity contribution in [3.8, 4) is 0 Å². The lowest BCUT2D eigenvalue weighted by molar-refractivity contribution is -0.125. The zero-order chi connectivity index (χ0) is 22.1. The van der Waals surface area contributed by atoms with Crippen LogP contribution in [0.2, 0.25) is 0 Å². The van der Waals surface area contributed by atoms with Crippen LogP contribution in [-0.4, -0.2) is 41.1 Å². The minimum Gasteiger partial charge on any atom is -0.358 e. The van der Waals surface area contributed by atoms with E-state index < -0.39 is 0 Å². The minimum absolute atomic E-state index is 0.0975. The van der Waals surface area contributed by atoms with Crippen LogP contribution in [0.3, 0.4) is 0 Å². The summed E-state index contributed by atoms with van der Waals surface area (Å²) < 4.78 is 2.18. The van der Waals surface area contributed by atoms with Crippen molar-refractivity contribution in [3.05, 3.63) is 84.1 Å². The Labute approximate surface area is 189 Å². The Morgan fingerprint density at radius 3 is 2.66 bits per heavy atom. The number of likely N-dealkylation sites (N-methyl/N-ethyl adjacent to an activating group) is 1. The van der Waals surface area contributed by atoms with Gasteiger partial charge in [0.25, 0.3) is 0 Å². The van der Waals surface area contributed by atoms with Crippen LogP contribution in [0, 0.1) is 0 Å². The van der Waals surface area contributed by atoms with Gasteiger partial charge in [-0.05, 0) is 40.5 Å². The summed E-state index contributed by atoms with van der Waals surface area (Å²) in [5.41, 5.74) is 3.79. The number of hydrogen-bond acceptors (Lipinski definition) is 3. The number of nitrogens with one attached hydrogen (secondary N) is 2. The number of benzene rings is 3. The zero-order valence-electron chi connectivity index (χ0n) is 18.7. The lowest BCUT2D eigenvalue weighted by Gasteiger charge is -2.23. The summed E-state index contributed by atoms with van der Waals surface area (Å²) in [7, 11) is 3.82. The zero-order valence-corrected chi connectivity index (χ0v) is 18.7. The molecule has 0 bridgehead atoms. The Balaban J connectivity index is 1.31. The van der Waals surface area contributed by atoms with Gasteiger partial charge in [-0.3, -0.25) is 9.69 Å². The van der Waals surface area contributed by atoms with Gasteiger partial charge in [0.05, 0.1) is 6.04 Å². The van der Waals surface area contributed by atoms with Crippen molar-refractivity contribution in [2.45, 2.75) is 31.6 Å². The van der Waals surface area contributed by atoms with E-state index in [1.54, 1.807) is 7.05 Å². The molecule has 5 nitrogen and oxygen atoms in total. The topological polar surface area (TPSA) is 49.3 Å². The van der Waals surface area contributed by atoms with Crippen molar-refractivity contribution in [1.29, 1.82) is 0 Å². The molecule has 1 aliphatic heterocycles. The van der Waals surface area contributed by atoms with Crippen LogP contribution in [0.15, 0.2) is 72.9 Å². The fraction of sp³-hybridized carbons (Fsp3) is 0.296. The first kappa shape index (κ1) is 20.7. The maximum atomic E-state index is 12.6. The van der Waals surface area contributed by atoms with Crippen LogP contribution in [0.25, 0.3) is 21.7 Å². The maximum absolute atomic E-state index is 12.6. The summed E-state index contributed by atoms with van der Waals surface area (Å²) in [6.45, 7) is 2.43. The number of carbonyl (C=O) groups is 1. The number of amides is 1. The van der Waals surface area contributed by atoms with Crippen molar-refractivity contribution in [2.75, 3.05) is 13.6 Å². The number of fused-ring (bicyclic) bond motifs is 2. The van der Waals surface area contributed by atoms with Crippen LogP contribution in [0.1, 0.15) is 17.5 Å². The smallest absolute Gasteiger partial charge is 0.237 e. The van der Waals surface area contributed by atoms with Gasteiger partial charge < -0.3 is 15.2 Å². The van der Waals surface area contributed by atoms with E-state index in [-0.39, 0.29) is 18.0 Å². The number of likely N-dealkylation sites (tertiary alicyclic amines) is 1. The van der Waals surface area contributed by atoms with Crippen molar-refractivity contribution in [1.82, 2.24) is 20.1 Å². The molecule has 0 unspecified atom stereocenters. The average molecular weight is 427 g/mol. The maximum Gasteiger partial charge on any atom is 0.237 e. The summed E-state index contributed by atoms with van der Waals surface area (Å²) in [6, 6.07) is 23.7. The van der Waals surface area contributed by atoms with Gasteiger partial charge in [0.2, 0.25) is 5.91 Å². The molecule has 2 heterocycles. The van der Waals surface area contributed by atoms with Crippen LogP contribution in [0.5, 0.6) is 0 Å². The standard InChI is InChI=1S/C27H30N4O/c1-28-27(32)26-14-23(29-15-22-17-30(2)25-10-6-5-9-24(22)25)18-31(26)16-19-11-12-20-7-3-4-8-21(20)13-19/h3-13,17,23,26,29H,14-16,18H2,1-2H3,(H,28,32)/t23-,26+/m1/s1. The number of hydrogen-bond donors (Lipinski definition) is 2. The highest BCUT2D eigenvalue weighted by Gasteiger charge is 2.36. The van der Waals surface area contributed by atoms with Crippen LogP contribution in [-0.2, 0) is 24.9 Å². The van der Waals surface area contributed by atoms with E-state index in [1.807, 2.05) is 0 Å². The van der Waals surface area contributed by atoms with E-state index in [4.69, 9.17) is 0 Å². The predicted octanol–water partition coefficient (Wildman–Crippen LogP) is 3.81. The summed E-state index contributed by atoms with van der Waals surface area (Å²) in [5.74, 6) is 0.0975. The van der Waals surface area contributed by atoms with E-state index in [0.29, 0.717) is 0 Å². The van der Waals surface area contributed by atoms with Gasteiger partial charge in [0.1, 0.15) is 0 Å². The molecule has 2 N–H and O–H groups in total. The molecular weight excluding hydrogens is 396 g/mol. The molecule has 3 aromatic carbocycles. The first-order valence-electron chi connectivity index (χ1n) is 11.3. The van der Waals surface area contributed by atoms with Crippen LogP contribution >= 0.6 is 0 Å². The van der Waals surface area contributed by atoms with E-state index in [1.165, 1.54) is 32.8 Å². The number of aromatic nitrogens is 1. The number of rotatable bonds is 6. The second-order valence-electron chi connectivity index (χ2n) is 8.84. The third kappa shape index (κ3) is 4.01. The molecule has 1 amide bonds. The van der Waals surface area contributed by atoms with Gasteiger partial charge in [0.15, 0.2) is 0 Å². The highest BCUT2D eigenvalue weighted by atomic mass is 16.2. The predicted molar refractivity (Wildman–Crippen MR) is 130 cm³/mol. The highest BCUT2D eigenvalue weighted by molar-refractivity contribution is 5.84. The van der Waals surface area contributed by atoms with Crippen molar-refractivity contribution >= 4 is 27.6 Å². The summed E-state index contributed by atoms with van der Waals surface area (Å²) >= 11 is 0. The molecule has 2 atom stereocenters. The van der Waals surface area contributed by atoms with Crippen molar-refractivity contribution < 1.29 is 4.79 Å². The molecule has 5 heteroatoms. The molecule has 1 aromatic heterocycles. The molecule has 1 aliphatic rings. The Morgan fingerprint density at radius 1 is 1.03 bits per heavy atom. The van der Waals surface area contributed by atoms with Crippen LogP contribution in [0.4, 0.5) is 0 Å². The molecule has 0 aliphatic carbocycles. The van der Waals surface area contributed by atoms with E-state index in [2.05, 4.69) is 100 Å². The number of aryl methyl sites for hydroxylation is 1. The highest BCUT2D eigenvalue weighted by Crippen LogP contribution is 2.25. The molecule has 32 heavy (non-hydrogen) atoms. The Bertz CT molecular complexity index is 1260. The van der Waals surface area contributed by atoms with Crippen LogP contribution < -0.4 is 10.6 Å². The van der Waals surface area contributed by atoms with Crippen molar-refractivity contribution in [3.63, 3.8) is 0 Å². The molecule has 0 saturated carbocycles.